The van der Waals surface area contributed by atoms with Crippen LogP contribution in [0.1, 0.15) is 24.0 Å². The molecule has 3 aromatic carbocycles. The van der Waals surface area contributed by atoms with Gasteiger partial charge in [0.1, 0.15) is 11.6 Å². The number of amides is 2. The van der Waals surface area contributed by atoms with Gasteiger partial charge in [-0.1, -0.05) is 41.4 Å². The minimum absolute atomic E-state index is 0.0137. The van der Waals surface area contributed by atoms with Crippen LogP contribution in [0.5, 0.6) is 11.5 Å². The second-order valence-corrected chi connectivity index (χ2v) is 12.4. The Morgan fingerprint density at radius 1 is 1.00 bits per heavy atom. The second-order valence-electron chi connectivity index (χ2n) is 9.72. The lowest BCUT2D eigenvalue weighted by Gasteiger charge is -2.38. The largest absolute Gasteiger partial charge is 0.493 e. The predicted molar refractivity (Wildman–Crippen MR) is 153 cm³/mol. The Labute approximate surface area is 247 Å². The predicted octanol–water partition coefficient (Wildman–Crippen LogP) is 3.30. The maximum atomic E-state index is 14.5. The van der Waals surface area contributed by atoms with E-state index in [2.05, 4.69) is 0 Å². The van der Waals surface area contributed by atoms with E-state index >= 15 is 0 Å². The van der Waals surface area contributed by atoms with E-state index < -0.39 is 39.5 Å². The highest BCUT2D eigenvalue weighted by Gasteiger charge is 2.61. The zero-order valence-corrected chi connectivity index (χ0v) is 24.4. The zero-order valence-electron chi connectivity index (χ0n) is 22.1. The van der Waals surface area contributed by atoms with Gasteiger partial charge < -0.3 is 25.2 Å². The molecule has 2 aliphatic heterocycles. The summed E-state index contributed by atoms with van der Waals surface area (Å²) in [5.74, 6) is -1.11. The van der Waals surface area contributed by atoms with Crippen LogP contribution in [0.4, 0.5) is 5.69 Å². The van der Waals surface area contributed by atoms with E-state index in [0.29, 0.717) is 18.6 Å². The molecule has 2 amide bonds. The summed E-state index contributed by atoms with van der Waals surface area (Å²) in [4.78, 5) is 27.7. The standard InChI is InChI=1S/C28H27Cl2N3O7S/c1-39-23-12-10-17(15-24(23)40-2)41(37,38)33-21-11-9-16(29)14-19(21)28(36,18-6-3-4-7-20(18)30)25(33)27(35)32-13-5-8-22(32)26(31)34/h3-4,6-7,9-12,14-15,22,25,36H,5,8,13H2,1-2H3,(H2,31,34)/t22?,25?,28-/m0/s1. The van der Waals surface area contributed by atoms with Crippen LogP contribution < -0.4 is 19.5 Å². The van der Waals surface area contributed by atoms with Gasteiger partial charge in [-0.3, -0.25) is 9.59 Å². The normalized spacial score (nSPS) is 22.0. The van der Waals surface area contributed by atoms with Crippen molar-refractivity contribution in [1.82, 2.24) is 4.90 Å². The zero-order chi connectivity index (χ0) is 29.7. The van der Waals surface area contributed by atoms with Crippen LogP contribution in [0.25, 0.3) is 0 Å². The second kappa shape index (κ2) is 10.7. The van der Waals surface area contributed by atoms with Crippen LogP contribution in [0.3, 0.4) is 0 Å². The molecule has 5 rings (SSSR count). The van der Waals surface area contributed by atoms with Crippen LogP contribution in [0.2, 0.25) is 10.0 Å². The van der Waals surface area contributed by atoms with Crippen LogP contribution in [-0.4, -0.2) is 63.1 Å². The molecular weight excluding hydrogens is 593 g/mol. The number of fused-ring (bicyclic) bond motifs is 1. The van der Waals surface area contributed by atoms with E-state index in [1.165, 1.54) is 67.7 Å². The number of benzene rings is 3. The Balaban J connectivity index is 1.80. The molecule has 0 radical (unpaired) electrons. The minimum Gasteiger partial charge on any atom is -0.493 e. The lowest BCUT2D eigenvalue weighted by molar-refractivity contribution is -0.141. The molecule has 0 saturated carbocycles. The highest BCUT2D eigenvalue weighted by atomic mass is 35.5. The maximum absolute atomic E-state index is 14.5. The summed E-state index contributed by atoms with van der Waals surface area (Å²) in [6.45, 7) is 0.142. The van der Waals surface area contributed by atoms with Gasteiger partial charge in [0.15, 0.2) is 17.5 Å². The maximum Gasteiger partial charge on any atom is 0.265 e. The third-order valence-corrected chi connectivity index (χ3v) is 9.87. The molecular formula is C28H27Cl2N3O7S. The molecule has 2 heterocycles. The number of ether oxygens (including phenoxy) is 2. The molecule has 13 heteroatoms. The number of nitrogens with two attached hydrogens (primary N) is 1. The molecule has 10 nitrogen and oxygen atoms in total. The highest BCUT2D eigenvalue weighted by Crippen LogP contribution is 2.53. The van der Waals surface area contributed by atoms with Crippen molar-refractivity contribution in [2.24, 2.45) is 5.73 Å². The third-order valence-electron chi connectivity index (χ3n) is 7.53. The van der Waals surface area contributed by atoms with Gasteiger partial charge in [-0.25, -0.2) is 12.7 Å². The van der Waals surface area contributed by atoms with Crippen LogP contribution in [0, 0.1) is 0 Å². The Morgan fingerprint density at radius 3 is 2.37 bits per heavy atom. The monoisotopic (exact) mass is 619 g/mol. The number of hydrogen-bond acceptors (Lipinski definition) is 7. The Morgan fingerprint density at radius 2 is 1.71 bits per heavy atom. The topological polar surface area (TPSA) is 139 Å². The smallest absolute Gasteiger partial charge is 0.265 e. The summed E-state index contributed by atoms with van der Waals surface area (Å²) in [5, 5.41) is 12.9. The summed E-state index contributed by atoms with van der Waals surface area (Å²) >= 11 is 12.9. The van der Waals surface area contributed by atoms with Crippen molar-refractivity contribution in [2.45, 2.75) is 35.4 Å². The van der Waals surface area contributed by atoms with Crippen LogP contribution >= 0.6 is 23.2 Å². The lowest BCUT2D eigenvalue weighted by atomic mass is 9.82. The van der Waals surface area contributed by atoms with Crippen molar-refractivity contribution in [1.29, 1.82) is 0 Å². The lowest BCUT2D eigenvalue weighted by Crippen LogP contribution is -2.59. The number of carbonyl (C=O) groups excluding carboxylic acids is 2. The van der Waals surface area contributed by atoms with Crippen LogP contribution in [0.15, 0.2) is 65.6 Å². The quantitative estimate of drug-likeness (QED) is 0.413. The fourth-order valence-corrected chi connectivity index (χ4v) is 7.76. The minimum atomic E-state index is -4.59. The number of rotatable bonds is 7. The van der Waals surface area contributed by atoms with Crippen molar-refractivity contribution in [3.8, 4) is 11.5 Å². The van der Waals surface area contributed by atoms with E-state index in [1.54, 1.807) is 12.1 Å². The summed E-state index contributed by atoms with van der Waals surface area (Å²) in [7, 11) is -1.81. The molecule has 0 spiro atoms. The molecule has 3 atom stereocenters. The summed E-state index contributed by atoms with van der Waals surface area (Å²) in [6, 6.07) is 11.8. The first-order chi connectivity index (χ1) is 19.5. The summed E-state index contributed by atoms with van der Waals surface area (Å²) in [5.41, 5.74) is 3.46. The van der Waals surface area contributed by atoms with Gasteiger partial charge in [0, 0.05) is 33.8 Å². The average Bonchev–Trinajstić information content (AvgIpc) is 3.55. The number of methoxy groups -OCH3 is 2. The summed E-state index contributed by atoms with van der Waals surface area (Å²) in [6.07, 6.45) is 0.775. The SMILES string of the molecule is COc1ccc(S(=O)(=O)N2c3ccc(Cl)cc3[C@@](O)(c3ccccc3Cl)C2C(=O)N2CCCC2C(N)=O)cc1OC. The Bertz CT molecular complexity index is 1650. The molecule has 41 heavy (non-hydrogen) atoms. The summed E-state index contributed by atoms with van der Waals surface area (Å²) < 4.78 is 40.4. The molecule has 0 aromatic heterocycles. The first-order valence-electron chi connectivity index (χ1n) is 12.6. The van der Waals surface area contributed by atoms with E-state index in [1.807, 2.05) is 0 Å². The van der Waals surface area contributed by atoms with E-state index in [0.717, 1.165) is 4.31 Å². The number of nitrogens with zero attached hydrogens (tertiary/aromatic N) is 2. The van der Waals surface area contributed by atoms with Crippen LogP contribution in [-0.2, 0) is 25.2 Å². The molecule has 2 unspecified atom stereocenters. The fraction of sp³-hybridized carbons (Fsp3) is 0.286. The highest BCUT2D eigenvalue weighted by molar-refractivity contribution is 7.93. The van der Waals surface area contributed by atoms with Crippen molar-refractivity contribution in [3.63, 3.8) is 0 Å². The van der Waals surface area contributed by atoms with Gasteiger partial charge in [-0.15, -0.1) is 0 Å². The van der Waals surface area contributed by atoms with E-state index in [4.69, 9.17) is 38.4 Å². The van der Waals surface area contributed by atoms with Crippen molar-refractivity contribution >= 4 is 50.7 Å². The number of halogens is 2. The molecule has 3 aromatic rings. The molecule has 1 fully saturated rings. The molecule has 0 aliphatic carbocycles. The average molecular weight is 621 g/mol. The Kier molecular flexibility index (Phi) is 7.58. The first kappa shape index (κ1) is 29.0. The van der Waals surface area contributed by atoms with Gasteiger partial charge in [0.25, 0.3) is 15.9 Å². The fourth-order valence-electron chi connectivity index (χ4n) is 5.65. The number of aliphatic hydroxyl groups is 1. The third kappa shape index (κ3) is 4.57. The molecule has 1 saturated heterocycles. The van der Waals surface area contributed by atoms with Crippen molar-refractivity contribution in [2.75, 3.05) is 25.1 Å². The van der Waals surface area contributed by atoms with Gasteiger partial charge in [0.2, 0.25) is 5.91 Å². The van der Waals surface area contributed by atoms with Gasteiger partial charge >= 0.3 is 0 Å². The number of hydrogen-bond donors (Lipinski definition) is 2. The molecule has 2 aliphatic rings. The Hall–Kier alpha value is -3.51. The number of primary amides is 1. The number of likely N-dealkylation sites (tertiary alicyclic amines) is 1. The number of sulfonamides is 1. The molecule has 3 N–H and O–H groups in total. The van der Waals surface area contributed by atoms with Gasteiger partial charge in [-0.2, -0.15) is 0 Å². The van der Waals surface area contributed by atoms with E-state index in [9.17, 15) is 23.1 Å². The molecule has 216 valence electrons. The first-order valence-corrected chi connectivity index (χ1v) is 14.8. The van der Waals surface area contributed by atoms with Crippen molar-refractivity contribution in [3.05, 3.63) is 81.8 Å². The van der Waals surface area contributed by atoms with Gasteiger partial charge in [-0.05, 0) is 49.2 Å². The number of carbonyl (C=O) groups is 2. The number of anilines is 1. The van der Waals surface area contributed by atoms with Crippen molar-refractivity contribution < 1.29 is 32.6 Å². The van der Waals surface area contributed by atoms with Gasteiger partial charge in [0.05, 0.1) is 24.8 Å². The molecule has 0 bridgehead atoms. The van der Waals surface area contributed by atoms with E-state index in [-0.39, 0.29) is 44.0 Å².